The molecule has 0 heterocycles. The second-order valence-corrected chi connectivity index (χ2v) is 5.51. The molecule has 3 heteroatoms. The minimum Gasteiger partial charge on any atom is -0.355 e. The Morgan fingerprint density at radius 3 is 2.71 bits per heavy atom. The van der Waals surface area contributed by atoms with Gasteiger partial charge in [-0.1, -0.05) is 25.7 Å². The Kier molecular flexibility index (Phi) is 4.42. The van der Waals surface area contributed by atoms with Crippen LogP contribution in [-0.4, -0.2) is 12.5 Å². The first-order valence-corrected chi connectivity index (χ1v) is 6.96. The van der Waals surface area contributed by atoms with Crippen molar-refractivity contribution in [1.29, 1.82) is 5.26 Å². The SMILES string of the molecule is N#CCCNC(=O)C1CCC2CCCCC2C1. The number of nitrogens with zero attached hydrogens (tertiary/aromatic N) is 1. The first-order chi connectivity index (χ1) is 8.31. The van der Waals surface area contributed by atoms with E-state index < -0.39 is 0 Å². The van der Waals surface area contributed by atoms with Gasteiger partial charge in [0.05, 0.1) is 12.5 Å². The average Bonchev–Trinajstić information content (AvgIpc) is 2.38. The lowest BCUT2D eigenvalue weighted by atomic mass is 9.67. The van der Waals surface area contributed by atoms with Gasteiger partial charge in [-0.05, 0) is 31.1 Å². The van der Waals surface area contributed by atoms with Gasteiger partial charge in [-0.3, -0.25) is 4.79 Å². The predicted molar refractivity (Wildman–Crippen MR) is 66.0 cm³/mol. The Morgan fingerprint density at radius 1 is 1.18 bits per heavy atom. The molecule has 17 heavy (non-hydrogen) atoms. The Morgan fingerprint density at radius 2 is 1.94 bits per heavy atom. The summed E-state index contributed by atoms with van der Waals surface area (Å²) in [7, 11) is 0. The summed E-state index contributed by atoms with van der Waals surface area (Å²) < 4.78 is 0. The molecule has 3 unspecified atom stereocenters. The number of carbonyl (C=O) groups excluding carboxylic acids is 1. The largest absolute Gasteiger partial charge is 0.355 e. The van der Waals surface area contributed by atoms with Crippen LogP contribution in [0.5, 0.6) is 0 Å². The molecule has 3 atom stereocenters. The van der Waals surface area contributed by atoms with E-state index in [0.29, 0.717) is 13.0 Å². The molecule has 0 bridgehead atoms. The highest BCUT2D eigenvalue weighted by Gasteiger charge is 2.34. The standard InChI is InChI=1S/C14H22N2O/c15-8-3-9-16-14(17)13-7-6-11-4-1-2-5-12(11)10-13/h11-13H,1-7,9-10H2,(H,16,17). The fraction of sp³-hybridized carbons (Fsp3) is 0.857. The molecule has 94 valence electrons. The topological polar surface area (TPSA) is 52.9 Å². The Bertz CT molecular complexity index is 308. The number of carbonyl (C=O) groups is 1. The van der Waals surface area contributed by atoms with E-state index in [2.05, 4.69) is 11.4 Å². The quantitative estimate of drug-likeness (QED) is 0.763. The van der Waals surface area contributed by atoms with E-state index in [1.54, 1.807) is 0 Å². The van der Waals surface area contributed by atoms with Crippen LogP contribution in [-0.2, 0) is 4.79 Å². The maximum absolute atomic E-state index is 11.9. The van der Waals surface area contributed by atoms with E-state index in [9.17, 15) is 4.79 Å². The van der Waals surface area contributed by atoms with Gasteiger partial charge >= 0.3 is 0 Å². The van der Waals surface area contributed by atoms with Gasteiger partial charge in [-0.2, -0.15) is 5.26 Å². The highest BCUT2D eigenvalue weighted by molar-refractivity contribution is 5.78. The zero-order valence-corrected chi connectivity index (χ0v) is 10.5. The molecule has 0 aromatic carbocycles. The summed E-state index contributed by atoms with van der Waals surface area (Å²) in [5.41, 5.74) is 0. The molecule has 0 aliphatic heterocycles. The lowest BCUT2D eigenvalue weighted by molar-refractivity contribution is -0.127. The third-order valence-corrected chi connectivity index (χ3v) is 4.45. The summed E-state index contributed by atoms with van der Waals surface area (Å²) in [4.78, 5) is 11.9. The van der Waals surface area contributed by atoms with Gasteiger partial charge < -0.3 is 5.32 Å². The van der Waals surface area contributed by atoms with Crippen molar-refractivity contribution >= 4 is 5.91 Å². The molecule has 2 rings (SSSR count). The molecular formula is C14H22N2O. The van der Waals surface area contributed by atoms with E-state index in [1.807, 2.05) is 0 Å². The number of hydrogen-bond acceptors (Lipinski definition) is 2. The van der Waals surface area contributed by atoms with Crippen LogP contribution < -0.4 is 5.32 Å². The van der Waals surface area contributed by atoms with Crippen LogP contribution in [0.3, 0.4) is 0 Å². The third kappa shape index (κ3) is 3.21. The van der Waals surface area contributed by atoms with Gasteiger partial charge in [-0.15, -0.1) is 0 Å². The first-order valence-electron chi connectivity index (χ1n) is 6.96. The molecule has 0 radical (unpaired) electrons. The van der Waals surface area contributed by atoms with E-state index in [4.69, 9.17) is 5.26 Å². The van der Waals surface area contributed by atoms with Crippen molar-refractivity contribution in [3.63, 3.8) is 0 Å². The Balaban J connectivity index is 1.79. The van der Waals surface area contributed by atoms with Gasteiger partial charge in [0.2, 0.25) is 5.91 Å². The van der Waals surface area contributed by atoms with Gasteiger partial charge in [-0.25, -0.2) is 0 Å². The zero-order chi connectivity index (χ0) is 12.1. The van der Waals surface area contributed by atoms with Gasteiger partial charge in [0.1, 0.15) is 0 Å². The predicted octanol–water partition coefficient (Wildman–Crippen LogP) is 2.62. The van der Waals surface area contributed by atoms with Crippen molar-refractivity contribution in [2.24, 2.45) is 17.8 Å². The van der Waals surface area contributed by atoms with E-state index >= 15 is 0 Å². The van der Waals surface area contributed by atoms with Crippen LogP contribution in [0.2, 0.25) is 0 Å². The minimum absolute atomic E-state index is 0.185. The highest BCUT2D eigenvalue weighted by Crippen LogP contribution is 2.42. The van der Waals surface area contributed by atoms with E-state index in [0.717, 1.165) is 24.7 Å². The van der Waals surface area contributed by atoms with Crippen molar-refractivity contribution in [3.8, 4) is 6.07 Å². The number of fused-ring (bicyclic) bond motifs is 1. The summed E-state index contributed by atoms with van der Waals surface area (Å²) in [5.74, 6) is 2.09. The molecule has 2 aliphatic rings. The van der Waals surface area contributed by atoms with Crippen molar-refractivity contribution in [3.05, 3.63) is 0 Å². The molecule has 2 aliphatic carbocycles. The molecule has 0 aromatic heterocycles. The van der Waals surface area contributed by atoms with E-state index in [-0.39, 0.29) is 11.8 Å². The maximum Gasteiger partial charge on any atom is 0.223 e. The highest BCUT2D eigenvalue weighted by atomic mass is 16.1. The molecule has 2 saturated carbocycles. The maximum atomic E-state index is 11.9. The van der Waals surface area contributed by atoms with Gasteiger partial charge in [0.15, 0.2) is 0 Å². The zero-order valence-electron chi connectivity index (χ0n) is 10.5. The fourth-order valence-electron chi connectivity index (χ4n) is 3.50. The number of nitrogens with one attached hydrogen (secondary N) is 1. The lowest BCUT2D eigenvalue weighted by Gasteiger charge is -2.38. The number of nitriles is 1. The van der Waals surface area contributed by atoms with Crippen LogP contribution in [0.25, 0.3) is 0 Å². The summed E-state index contributed by atoms with van der Waals surface area (Å²) in [6.45, 7) is 0.514. The van der Waals surface area contributed by atoms with Crippen molar-refractivity contribution in [2.75, 3.05) is 6.54 Å². The third-order valence-electron chi connectivity index (χ3n) is 4.45. The van der Waals surface area contributed by atoms with Crippen molar-refractivity contribution < 1.29 is 4.79 Å². The molecule has 1 amide bonds. The number of amides is 1. The minimum atomic E-state index is 0.185. The normalized spacial score (nSPS) is 32.3. The summed E-state index contributed by atoms with van der Waals surface area (Å²) in [6, 6.07) is 2.06. The van der Waals surface area contributed by atoms with Crippen LogP contribution in [0.15, 0.2) is 0 Å². The second kappa shape index (κ2) is 6.05. The van der Waals surface area contributed by atoms with Crippen LogP contribution in [0.4, 0.5) is 0 Å². The second-order valence-electron chi connectivity index (χ2n) is 5.51. The monoisotopic (exact) mass is 234 g/mol. The Labute approximate surface area is 104 Å². The fourth-order valence-corrected chi connectivity index (χ4v) is 3.50. The summed E-state index contributed by atoms with van der Waals surface area (Å²) >= 11 is 0. The molecule has 1 N–H and O–H groups in total. The molecular weight excluding hydrogens is 212 g/mol. The van der Waals surface area contributed by atoms with Crippen molar-refractivity contribution in [2.45, 2.75) is 51.4 Å². The molecule has 0 aromatic rings. The smallest absolute Gasteiger partial charge is 0.223 e. The molecule has 3 nitrogen and oxygen atoms in total. The van der Waals surface area contributed by atoms with Crippen molar-refractivity contribution in [1.82, 2.24) is 5.32 Å². The number of hydrogen-bond donors (Lipinski definition) is 1. The Hall–Kier alpha value is -1.04. The lowest BCUT2D eigenvalue weighted by Crippen LogP contribution is -2.37. The molecule has 0 spiro atoms. The van der Waals surface area contributed by atoms with Crippen LogP contribution in [0, 0.1) is 29.1 Å². The number of rotatable bonds is 3. The summed E-state index contributed by atoms with van der Waals surface area (Å²) in [5, 5.41) is 11.3. The van der Waals surface area contributed by atoms with Crippen LogP contribution in [0.1, 0.15) is 51.4 Å². The van der Waals surface area contributed by atoms with Gasteiger partial charge in [0, 0.05) is 12.5 Å². The van der Waals surface area contributed by atoms with E-state index in [1.165, 1.54) is 32.1 Å². The van der Waals surface area contributed by atoms with Gasteiger partial charge in [0.25, 0.3) is 0 Å². The molecule has 2 fully saturated rings. The average molecular weight is 234 g/mol. The first kappa shape index (κ1) is 12.4. The summed E-state index contributed by atoms with van der Waals surface area (Å²) in [6.07, 6.45) is 9.25. The molecule has 0 saturated heterocycles. The van der Waals surface area contributed by atoms with Crippen LogP contribution >= 0.6 is 0 Å².